The molecule has 0 aromatic heterocycles. The predicted octanol–water partition coefficient (Wildman–Crippen LogP) is 0.679. The first-order valence-electron chi connectivity index (χ1n) is 2.78. The summed E-state index contributed by atoms with van der Waals surface area (Å²) >= 11 is 0. The van der Waals surface area contributed by atoms with Crippen molar-refractivity contribution in [3.05, 3.63) is 12.7 Å². The van der Waals surface area contributed by atoms with E-state index >= 15 is 0 Å². The number of aliphatic imine (C=N–C) groups is 1. The molecule has 0 rings (SSSR count). The van der Waals surface area contributed by atoms with Crippen molar-refractivity contribution < 1.29 is 0 Å². The molecule has 0 aliphatic heterocycles. The lowest BCUT2D eigenvalue weighted by molar-refractivity contribution is 1.09. The highest BCUT2D eigenvalue weighted by Gasteiger charge is 2.08. The number of nitrogens with zero attached hydrogens (tertiary/aromatic N) is 3. The zero-order valence-corrected chi connectivity index (χ0v) is 5.78. The molecule has 0 bridgehead atoms. The molecule has 0 amide bonds. The lowest BCUT2D eigenvalue weighted by Gasteiger charge is -1.93. The number of nitriles is 2. The predicted molar refractivity (Wildman–Crippen MR) is 41.4 cm³/mol. The van der Waals surface area contributed by atoms with Crippen molar-refractivity contribution in [2.24, 2.45) is 4.99 Å². The Labute approximate surface area is 64.6 Å². The van der Waals surface area contributed by atoms with Crippen molar-refractivity contribution >= 4 is 11.9 Å². The van der Waals surface area contributed by atoms with E-state index in [2.05, 4.69) is 11.6 Å². The van der Waals surface area contributed by atoms with E-state index in [1.54, 1.807) is 6.07 Å². The van der Waals surface area contributed by atoms with Gasteiger partial charge in [-0.25, -0.2) is 0 Å². The van der Waals surface area contributed by atoms with Crippen LogP contribution in [0.4, 0.5) is 0 Å². The van der Waals surface area contributed by atoms with Gasteiger partial charge in [-0.3, -0.25) is 10.4 Å². The van der Waals surface area contributed by atoms with Crippen molar-refractivity contribution in [2.75, 3.05) is 0 Å². The summed E-state index contributed by atoms with van der Waals surface area (Å²) < 4.78 is 0. The van der Waals surface area contributed by atoms with Gasteiger partial charge in [-0.15, -0.1) is 0 Å². The molecule has 1 N–H and O–H groups in total. The van der Waals surface area contributed by atoms with E-state index in [-0.39, 0.29) is 5.71 Å². The Kier molecular flexibility index (Phi) is 4.03. The third-order valence-electron chi connectivity index (χ3n) is 0.857. The molecule has 0 spiro atoms. The molecule has 54 valence electrons. The maximum Gasteiger partial charge on any atom is 0.187 e. The standard InChI is InChI=1S/C7H6N4/c1-2-3-11-7(5-9)6(10)4-8/h2-3,7,10H,1H2. The molecule has 11 heavy (non-hydrogen) atoms. The number of hydrogen-bond acceptors (Lipinski definition) is 4. The maximum atomic E-state index is 8.36. The second-order valence-corrected chi connectivity index (χ2v) is 1.59. The van der Waals surface area contributed by atoms with E-state index in [1.165, 1.54) is 18.4 Å². The highest BCUT2D eigenvalue weighted by atomic mass is 14.8. The molecule has 0 aromatic rings. The van der Waals surface area contributed by atoms with Gasteiger partial charge in [-0.05, 0) is 0 Å². The molecule has 0 radical (unpaired) electrons. The van der Waals surface area contributed by atoms with Gasteiger partial charge in [0, 0.05) is 6.21 Å². The third-order valence-corrected chi connectivity index (χ3v) is 0.857. The van der Waals surface area contributed by atoms with Gasteiger partial charge in [-0.2, -0.15) is 10.5 Å². The van der Waals surface area contributed by atoms with Crippen LogP contribution in [0.3, 0.4) is 0 Å². The summed E-state index contributed by atoms with van der Waals surface area (Å²) in [6.07, 6.45) is 2.68. The van der Waals surface area contributed by atoms with Crippen molar-refractivity contribution in [1.82, 2.24) is 0 Å². The summed E-state index contributed by atoms with van der Waals surface area (Å²) in [4.78, 5) is 3.58. The Morgan fingerprint density at radius 2 is 2.27 bits per heavy atom. The molecule has 0 aliphatic rings. The van der Waals surface area contributed by atoms with E-state index in [4.69, 9.17) is 15.9 Å². The zero-order valence-electron chi connectivity index (χ0n) is 5.78. The van der Waals surface area contributed by atoms with Crippen LogP contribution in [-0.2, 0) is 0 Å². The van der Waals surface area contributed by atoms with Crippen LogP contribution in [0, 0.1) is 28.1 Å². The molecule has 4 heteroatoms. The van der Waals surface area contributed by atoms with E-state index in [0.29, 0.717) is 0 Å². The molecular formula is C7H6N4. The lowest BCUT2D eigenvalue weighted by atomic mass is 10.2. The van der Waals surface area contributed by atoms with Crippen LogP contribution in [-0.4, -0.2) is 18.0 Å². The number of nitrogens with one attached hydrogen (secondary N) is 1. The fraction of sp³-hybridized carbons (Fsp3) is 0.143. The summed E-state index contributed by atoms with van der Waals surface area (Å²) in [5.41, 5.74) is -0.356. The van der Waals surface area contributed by atoms with Crippen LogP contribution in [0.5, 0.6) is 0 Å². The normalized spacial score (nSPS) is 11.5. The molecule has 1 unspecified atom stereocenters. The van der Waals surface area contributed by atoms with Gasteiger partial charge < -0.3 is 0 Å². The average molecular weight is 146 g/mol. The zero-order chi connectivity index (χ0) is 8.69. The first kappa shape index (κ1) is 9.06. The fourth-order valence-corrected chi connectivity index (χ4v) is 0.380. The molecule has 0 heterocycles. The van der Waals surface area contributed by atoms with Crippen LogP contribution >= 0.6 is 0 Å². The Morgan fingerprint density at radius 1 is 1.64 bits per heavy atom. The van der Waals surface area contributed by atoms with E-state index in [1.807, 2.05) is 0 Å². The molecule has 1 atom stereocenters. The second-order valence-electron chi connectivity index (χ2n) is 1.59. The maximum absolute atomic E-state index is 8.36. The van der Waals surface area contributed by atoms with Gasteiger partial charge in [0.2, 0.25) is 0 Å². The van der Waals surface area contributed by atoms with Crippen LogP contribution in [0.25, 0.3) is 0 Å². The average Bonchev–Trinajstić information content (AvgIpc) is 2.05. The van der Waals surface area contributed by atoms with Crippen molar-refractivity contribution in [1.29, 1.82) is 15.9 Å². The Morgan fingerprint density at radius 3 is 2.64 bits per heavy atom. The molecule has 0 fully saturated rings. The Hall–Kier alpha value is -1.94. The van der Waals surface area contributed by atoms with Gasteiger partial charge in [0.15, 0.2) is 6.04 Å². The van der Waals surface area contributed by atoms with Gasteiger partial charge >= 0.3 is 0 Å². The first-order chi connectivity index (χ1) is 5.26. The van der Waals surface area contributed by atoms with Crippen LogP contribution in [0.15, 0.2) is 17.6 Å². The van der Waals surface area contributed by atoms with E-state index in [9.17, 15) is 0 Å². The van der Waals surface area contributed by atoms with Crippen LogP contribution in [0.1, 0.15) is 0 Å². The lowest BCUT2D eigenvalue weighted by Crippen LogP contribution is -2.12. The molecule has 4 nitrogen and oxygen atoms in total. The quantitative estimate of drug-likeness (QED) is 0.593. The van der Waals surface area contributed by atoms with Crippen LogP contribution < -0.4 is 0 Å². The van der Waals surface area contributed by atoms with Gasteiger partial charge in [0.05, 0.1) is 6.07 Å². The highest BCUT2D eigenvalue weighted by molar-refractivity contribution is 6.02. The first-order valence-corrected chi connectivity index (χ1v) is 2.78. The number of rotatable bonds is 3. The summed E-state index contributed by atoms with van der Waals surface area (Å²) in [5, 5.41) is 23.5. The number of allylic oxidation sites excluding steroid dienone is 1. The summed E-state index contributed by atoms with van der Waals surface area (Å²) in [6.45, 7) is 3.34. The van der Waals surface area contributed by atoms with E-state index in [0.717, 1.165) is 0 Å². The number of hydrogen-bond donors (Lipinski definition) is 1. The molecular weight excluding hydrogens is 140 g/mol. The second kappa shape index (κ2) is 4.89. The molecule has 0 saturated carbocycles. The van der Waals surface area contributed by atoms with Crippen molar-refractivity contribution in [3.8, 4) is 12.1 Å². The van der Waals surface area contributed by atoms with Crippen molar-refractivity contribution in [3.63, 3.8) is 0 Å². The van der Waals surface area contributed by atoms with Gasteiger partial charge in [-0.1, -0.05) is 12.7 Å². The van der Waals surface area contributed by atoms with Gasteiger partial charge in [0.25, 0.3) is 0 Å². The monoisotopic (exact) mass is 146 g/mol. The molecule has 0 aromatic carbocycles. The highest BCUT2D eigenvalue weighted by Crippen LogP contribution is 1.89. The Balaban J connectivity index is 4.35. The van der Waals surface area contributed by atoms with Crippen LogP contribution in [0.2, 0.25) is 0 Å². The third kappa shape index (κ3) is 2.92. The van der Waals surface area contributed by atoms with E-state index < -0.39 is 6.04 Å². The van der Waals surface area contributed by atoms with Gasteiger partial charge in [0.1, 0.15) is 11.8 Å². The van der Waals surface area contributed by atoms with Crippen molar-refractivity contribution in [2.45, 2.75) is 6.04 Å². The SMILES string of the molecule is C=CC=NC(C#N)C(=N)C#N. The molecule has 0 aliphatic carbocycles. The smallest absolute Gasteiger partial charge is 0.187 e. The largest absolute Gasteiger partial charge is 0.291 e. The summed E-state index contributed by atoms with van der Waals surface area (Å²) in [7, 11) is 0. The fourth-order valence-electron chi connectivity index (χ4n) is 0.380. The topological polar surface area (TPSA) is 83.8 Å². The summed E-state index contributed by atoms with van der Waals surface area (Å²) in [5.74, 6) is 0. The minimum atomic E-state index is -0.988. The Bertz CT molecular complexity index is 263. The summed E-state index contributed by atoms with van der Waals surface area (Å²) in [6, 6.07) is 2.24. The molecule has 0 saturated heterocycles. The minimum absolute atomic E-state index is 0.356. The minimum Gasteiger partial charge on any atom is -0.291 e.